The molecule has 78 heavy (non-hydrogen) atoms. The van der Waals surface area contributed by atoms with Gasteiger partial charge < -0.3 is 33.9 Å². The standard InChI is InChI=1S/C58H79N11O8S/c1-12-67-45-18-15-35-26-39(45)41(49(67)40-27-37(30-59-47(40)34(4)75-11)66-24-22-65(23-25-66)36-16-17-36)29-58(8,9)32-76-55(73)42-14-13-20-69(63-42)54(72)44-28-43-52(78-51(35)62-43)60-31-46-38(19-21-68(46)56(74)77-57(5,6)7)53(71)64(10)48(33(2)3)50(70)61-44/h15,18,26-27,30-31,33-34,36,38,42,44,46,48,63H,12-14,16-17,19-25,28-29,32H2,1-11H3,(H,61,70)/b60-31+/t34-,38-,42-,44-,46+,48-/m0/s1. The molecule has 1 saturated carbocycles. The molecule has 4 aromatic rings. The van der Waals surface area contributed by atoms with Crippen LogP contribution in [0.1, 0.15) is 117 Å². The van der Waals surface area contributed by atoms with Gasteiger partial charge in [-0.15, -0.1) is 0 Å². The van der Waals surface area contributed by atoms with Gasteiger partial charge in [0.15, 0.2) is 0 Å². The minimum absolute atomic E-state index is 0.0646. The first-order chi connectivity index (χ1) is 37.1. The number of amides is 4. The first kappa shape index (κ1) is 55.4. The number of aryl methyl sites for hydroxylation is 1. The Morgan fingerprint density at radius 1 is 0.962 bits per heavy atom. The van der Waals surface area contributed by atoms with E-state index in [9.17, 15) is 19.2 Å². The number of aliphatic imine (C=N–C) groups is 1. The molecule has 420 valence electrons. The fourth-order valence-corrected chi connectivity index (χ4v) is 13.2. The predicted octanol–water partition coefficient (Wildman–Crippen LogP) is 7.31. The number of nitrogens with one attached hydrogen (secondary N) is 2. The number of cyclic esters (lactones) is 1. The van der Waals surface area contributed by atoms with Crippen LogP contribution in [-0.2, 0) is 52.8 Å². The number of carbonyl (C=O) groups excluding carboxylic acids is 5. The molecule has 5 aliphatic heterocycles. The minimum Gasteiger partial charge on any atom is -0.464 e. The number of benzene rings is 1. The number of hydrogen-bond donors (Lipinski definition) is 2. The quantitative estimate of drug-likeness (QED) is 0.175. The van der Waals surface area contributed by atoms with Crippen LogP contribution in [0.3, 0.4) is 0 Å². The van der Waals surface area contributed by atoms with E-state index in [0.717, 1.165) is 70.8 Å². The van der Waals surface area contributed by atoms with E-state index in [1.165, 1.54) is 34.1 Å². The van der Waals surface area contributed by atoms with E-state index in [-0.39, 0.29) is 44.0 Å². The predicted molar refractivity (Wildman–Crippen MR) is 301 cm³/mol. The van der Waals surface area contributed by atoms with Crippen molar-refractivity contribution >= 4 is 68.9 Å². The number of piperazine rings is 1. The largest absolute Gasteiger partial charge is 0.464 e. The third-order valence-corrected chi connectivity index (χ3v) is 17.5. The Labute approximate surface area is 462 Å². The molecule has 4 amide bonds. The molecule has 1 aromatic carbocycles. The number of esters is 1. The molecule has 20 heteroatoms. The number of hydrazine groups is 1. The van der Waals surface area contributed by atoms with Crippen LogP contribution >= 0.6 is 11.3 Å². The number of hydrogen-bond acceptors (Lipinski definition) is 15. The summed E-state index contributed by atoms with van der Waals surface area (Å²) < 4.78 is 20.6. The first-order valence-corrected chi connectivity index (χ1v) is 29.0. The van der Waals surface area contributed by atoms with Crippen LogP contribution in [0.5, 0.6) is 0 Å². The molecule has 7 bridgehead atoms. The second-order valence-corrected chi connectivity index (χ2v) is 25.3. The number of likely N-dealkylation sites (N-methyl/N-ethyl adjacent to an activating group) is 1. The van der Waals surface area contributed by atoms with Gasteiger partial charge in [-0.25, -0.2) is 20.2 Å². The molecule has 4 fully saturated rings. The Kier molecular flexibility index (Phi) is 15.6. The fourth-order valence-electron chi connectivity index (χ4n) is 12.2. The van der Waals surface area contributed by atoms with Crippen LogP contribution in [0, 0.1) is 17.3 Å². The number of anilines is 1. The molecule has 2 N–H and O–H groups in total. The number of ether oxygens (including phenoxy) is 3. The van der Waals surface area contributed by atoms with Gasteiger partial charge in [0, 0.05) is 106 Å². The normalized spacial score (nSPS) is 25.5. The van der Waals surface area contributed by atoms with Crippen molar-refractivity contribution in [2.45, 2.75) is 156 Å². The maximum Gasteiger partial charge on any atom is 0.410 e. The van der Waals surface area contributed by atoms with E-state index in [4.69, 9.17) is 29.2 Å². The van der Waals surface area contributed by atoms with Crippen molar-refractivity contribution in [2.75, 3.05) is 64.9 Å². The van der Waals surface area contributed by atoms with Crippen molar-refractivity contribution in [1.82, 2.24) is 45.0 Å². The highest BCUT2D eigenvalue weighted by molar-refractivity contribution is 7.18. The topological polar surface area (TPSA) is 196 Å². The summed E-state index contributed by atoms with van der Waals surface area (Å²) >= 11 is 1.34. The third-order valence-electron chi connectivity index (χ3n) is 16.5. The maximum atomic E-state index is 15.0. The number of nitrogens with zero attached hydrogens (tertiary/aromatic N) is 9. The summed E-state index contributed by atoms with van der Waals surface area (Å²) in [5.41, 5.74) is 9.05. The molecule has 1 aliphatic carbocycles. The lowest BCUT2D eigenvalue weighted by molar-refractivity contribution is -0.155. The summed E-state index contributed by atoms with van der Waals surface area (Å²) in [4.78, 5) is 96.4. The van der Waals surface area contributed by atoms with Gasteiger partial charge in [0.1, 0.15) is 33.7 Å². The fraction of sp³-hybridized carbons (Fsp3) is 0.621. The molecule has 19 nitrogen and oxygen atoms in total. The Balaban J connectivity index is 1.16. The van der Waals surface area contributed by atoms with E-state index in [1.54, 1.807) is 46.0 Å². The van der Waals surface area contributed by atoms with Gasteiger partial charge in [0.2, 0.25) is 11.8 Å². The van der Waals surface area contributed by atoms with Crippen molar-refractivity contribution in [3.63, 3.8) is 0 Å². The van der Waals surface area contributed by atoms with Gasteiger partial charge in [0.05, 0.1) is 53.6 Å². The number of likely N-dealkylation sites (tertiary alicyclic amines) is 1. The molecule has 0 spiro atoms. The summed E-state index contributed by atoms with van der Waals surface area (Å²) in [6, 6.07) is 5.58. The molecule has 6 atom stereocenters. The Hall–Kier alpha value is -5.96. The minimum atomic E-state index is -1.19. The van der Waals surface area contributed by atoms with Gasteiger partial charge in [-0.2, -0.15) is 0 Å². The monoisotopic (exact) mass is 1090 g/mol. The Morgan fingerprint density at radius 2 is 1.72 bits per heavy atom. The van der Waals surface area contributed by atoms with Crippen LogP contribution in [0.4, 0.5) is 15.5 Å². The van der Waals surface area contributed by atoms with Gasteiger partial charge in [-0.3, -0.25) is 39.0 Å². The lowest BCUT2D eigenvalue weighted by Gasteiger charge is -2.37. The summed E-state index contributed by atoms with van der Waals surface area (Å²) in [6.45, 7) is 22.7. The van der Waals surface area contributed by atoms with Gasteiger partial charge in [-0.05, 0) is 109 Å². The molecular formula is C58H79N11O8S. The lowest BCUT2D eigenvalue weighted by Crippen LogP contribution is -2.62. The first-order valence-electron chi connectivity index (χ1n) is 28.2. The number of thiazole rings is 1. The number of methoxy groups -OCH3 is 1. The van der Waals surface area contributed by atoms with Crippen LogP contribution < -0.4 is 15.6 Å². The molecular weight excluding hydrogens is 1010 g/mol. The molecule has 0 radical (unpaired) electrons. The number of fused-ring (bicyclic) bond motifs is 7. The number of carbonyl (C=O) groups is 5. The van der Waals surface area contributed by atoms with Crippen molar-refractivity contribution in [3.05, 3.63) is 47.4 Å². The SMILES string of the molecule is CCn1c(-c2cc(N3CCN(C4CC4)CC3)cnc2[C@H](C)OC)c2c3cc(ccc31)-c1nc3c(s1)/N=C/[C@@H]1[C@H](CCN1C(=O)OC(C)(C)C)C(=O)N(C)[C@@H](C(C)C)C(=O)N[C@@H](C3)C(=O)N1CCC[C@H](N1)C(=O)OCC(C)(C)C2. The zero-order valence-electron chi connectivity index (χ0n) is 47.4. The van der Waals surface area contributed by atoms with Crippen LogP contribution in [-0.4, -0.2) is 166 Å². The highest BCUT2D eigenvalue weighted by atomic mass is 32.1. The van der Waals surface area contributed by atoms with E-state index in [2.05, 4.69) is 70.1 Å². The molecule has 6 aliphatic rings. The van der Waals surface area contributed by atoms with E-state index in [0.29, 0.717) is 54.0 Å². The van der Waals surface area contributed by atoms with Crippen molar-refractivity contribution < 1.29 is 38.2 Å². The van der Waals surface area contributed by atoms with Crippen LogP contribution in [0.15, 0.2) is 35.5 Å². The van der Waals surface area contributed by atoms with Gasteiger partial charge >= 0.3 is 12.1 Å². The highest BCUT2D eigenvalue weighted by Crippen LogP contribution is 2.45. The second kappa shape index (κ2) is 21.9. The van der Waals surface area contributed by atoms with Gasteiger partial charge in [-0.1, -0.05) is 39.0 Å². The van der Waals surface area contributed by atoms with Gasteiger partial charge in [0.25, 0.3) is 5.91 Å². The Morgan fingerprint density at radius 3 is 2.41 bits per heavy atom. The molecule has 10 rings (SSSR count). The van der Waals surface area contributed by atoms with E-state index < -0.39 is 65.0 Å². The molecule has 0 unspecified atom stereocenters. The van der Waals surface area contributed by atoms with Crippen molar-refractivity contribution in [1.29, 1.82) is 0 Å². The van der Waals surface area contributed by atoms with Crippen LogP contribution in [0.25, 0.3) is 32.7 Å². The molecule has 3 saturated heterocycles. The number of rotatable bonds is 7. The van der Waals surface area contributed by atoms with Crippen molar-refractivity contribution in [3.8, 4) is 21.8 Å². The zero-order valence-corrected chi connectivity index (χ0v) is 48.2. The summed E-state index contributed by atoms with van der Waals surface area (Å²) in [5, 5.41) is 6.58. The summed E-state index contributed by atoms with van der Waals surface area (Å²) in [6.07, 6.45) is 7.04. The molecule has 3 aromatic heterocycles. The average molecular weight is 1090 g/mol. The lowest BCUT2D eigenvalue weighted by atomic mass is 9.84. The zero-order chi connectivity index (χ0) is 55.5. The summed E-state index contributed by atoms with van der Waals surface area (Å²) in [5.74, 6) is -2.89. The maximum absolute atomic E-state index is 15.0. The molecule has 8 heterocycles. The summed E-state index contributed by atoms with van der Waals surface area (Å²) in [7, 11) is 3.31. The Bertz CT molecular complexity index is 2990. The third kappa shape index (κ3) is 11.1. The van der Waals surface area contributed by atoms with Crippen LogP contribution in [0.2, 0.25) is 0 Å². The number of aromatic nitrogens is 3. The van der Waals surface area contributed by atoms with E-state index in [1.807, 2.05) is 27.0 Å². The highest BCUT2D eigenvalue weighted by Gasteiger charge is 2.46. The van der Waals surface area contributed by atoms with Crippen molar-refractivity contribution in [2.24, 2.45) is 22.2 Å². The second-order valence-electron chi connectivity index (χ2n) is 24.3. The number of pyridine rings is 1. The smallest absolute Gasteiger partial charge is 0.410 e. The van der Waals surface area contributed by atoms with E-state index >= 15 is 4.79 Å². The average Bonchev–Trinajstić information content (AvgIpc) is 4.17.